The second kappa shape index (κ2) is 5.94. The molecule has 18 heavy (non-hydrogen) atoms. The zero-order chi connectivity index (χ0) is 13.1. The lowest BCUT2D eigenvalue weighted by atomic mass is 9.91. The van der Waals surface area contributed by atoms with Gasteiger partial charge in [0.05, 0.1) is 11.1 Å². The van der Waals surface area contributed by atoms with Gasteiger partial charge >= 0.3 is 0 Å². The van der Waals surface area contributed by atoms with E-state index in [0.29, 0.717) is 10.9 Å². The summed E-state index contributed by atoms with van der Waals surface area (Å²) in [5.74, 6) is 2.15. The fourth-order valence-electron chi connectivity index (χ4n) is 2.45. The molecular formula is C15H22ClNO. The number of hydrogen-bond donors (Lipinski definition) is 1. The summed E-state index contributed by atoms with van der Waals surface area (Å²) in [6, 6.07) is 6.18. The molecule has 0 aromatic heterocycles. The van der Waals surface area contributed by atoms with Gasteiger partial charge in [-0.25, -0.2) is 0 Å². The van der Waals surface area contributed by atoms with Crippen LogP contribution in [-0.4, -0.2) is 12.6 Å². The van der Waals surface area contributed by atoms with Gasteiger partial charge in [-0.2, -0.15) is 0 Å². The maximum atomic E-state index is 6.29. The number of rotatable bonds is 6. The molecule has 1 atom stereocenters. The van der Waals surface area contributed by atoms with Gasteiger partial charge in [0, 0.05) is 0 Å². The van der Waals surface area contributed by atoms with E-state index < -0.39 is 0 Å². The van der Waals surface area contributed by atoms with Gasteiger partial charge in [-0.05, 0) is 69.2 Å². The van der Waals surface area contributed by atoms with Crippen molar-refractivity contribution in [3.63, 3.8) is 0 Å². The summed E-state index contributed by atoms with van der Waals surface area (Å²) in [6.07, 6.45) is 3.85. The zero-order valence-electron chi connectivity index (χ0n) is 11.2. The second-order valence-corrected chi connectivity index (χ2v) is 5.78. The Hall–Kier alpha value is -0.730. The fraction of sp³-hybridized carbons (Fsp3) is 0.600. The molecule has 1 aromatic rings. The van der Waals surface area contributed by atoms with Crippen molar-refractivity contribution in [2.45, 2.75) is 45.1 Å². The molecule has 1 aliphatic carbocycles. The van der Waals surface area contributed by atoms with E-state index in [0.717, 1.165) is 24.6 Å². The number of halogens is 1. The van der Waals surface area contributed by atoms with Crippen molar-refractivity contribution in [1.29, 1.82) is 0 Å². The Labute approximate surface area is 114 Å². The van der Waals surface area contributed by atoms with Crippen LogP contribution in [0.4, 0.5) is 0 Å². The van der Waals surface area contributed by atoms with Crippen LogP contribution >= 0.6 is 11.6 Å². The van der Waals surface area contributed by atoms with E-state index in [2.05, 4.69) is 12.1 Å². The topological polar surface area (TPSA) is 35.2 Å². The van der Waals surface area contributed by atoms with Crippen molar-refractivity contribution in [2.24, 2.45) is 11.7 Å². The van der Waals surface area contributed by atoms with Crippen LogP contribution in [0.15, 0.2) is 18.2 Å². The molecule has 1 unspecified atom stereocenters. The van der Waals surface area contributed by atoms with Gasteiger partial charge in [-0.1, -0.05) is 17.7 Å². The zero-order valence-corrected chi connectivity index (χ0v) is 11.9. The van der Waals surface area contributed by atoms with Gasteiger partial charge in [0.25, 0.3) is 0 Å². The monoisotopic (exact) mass is 267 g/mol. The highest BCUT2D eigenvalue weighted by Gasteiger charge is 2.31. The Balaban J connectivity index is 2.15. The Bertz CT molecular complexity index is 401. The number of benzene rings is 1. The van der Waals surface area contributed by atoms with Crippen LogP contribution in [0.1, 0.15) is 44.6 Å². The Morgan fingerprint density at radius 3 is 2.61 bits per heavy atom. The van der Waals surface area contributed by atoms with Gasteiger partial charge < -0.3 is 10.5 Å². The first kappa shape index (κ1) is 13.7. The molecule has 0 bridgehead atoms. The molecule has 0 spiro atoms. The van der Waals surface area contributed by atoms with Crippen molar-refractivity contribution in [3.8, 4) is 5.75 Å². The lowest BCUT2D eigenvalue weighted by Crippen LogP contribution is -2.10. The maximum Gasteiger partial charge on any atom is 0.138 e. The molecule has 0 amide bonds. The third-order valence-corrected chi connectivity index (χ3v) is 3.71. The normalized spacial score (nSPS) is 16.9. The largest absolute Gasteiger partial charge is 0.489 e. The maximum absolute atomic E-state index is 6.29. The summed E-state index contributed by atoms with van der Waals surface area (Å²) < 4.78 is 5.66. The predicted octanol–water partition coefficient (Wildman–Crippen LogP) is 3.97. The first-order chi connectivity index (χ1) is 8.61. The van der Waals surface area contributed by atoms with Crippen molar-refractivity contribution in [1.82, 2.24) is 0 Å². The van der Waals surface area contributed by atoms with Crippen molar-refractivity contribution in [2.75, 3.05) is 6.54 Å². The van der Waals surface area contributed by atoms with Gasteiger partial charge in [0.2, 0.25) is 0 Å². The van der Waals surface area contributed by atoms with E-state index in [-0.39, 0.29) is 6.10 Å². The molecule has 1 aliphatic rings. The summed E-state index contributed by atoms with van der Waals surface area (Å²) in [5, 5.41) is 0.712. The number of ether oxygens (including phenoxy) is 1. The molecule has 1 fully saturated rings. The molecule has 1 saturated carbocycles. The summed E-state index contributed by atoms with van der Waals surface area (Å²) in [7, 11) is 0. The summed E-state index contributed by atoms with van der Waals surface area (Å²) in [5.41, 5.74) is 7.02. The van der Waals surface area contributed by atoms with Crippen LogP contribution in [0.25, 0.3) is 0 Å². The van der Waals surface area contributed by atoms with E-state index in [1.54, 1.807) is 0 Å². The van der Waals surface area contributed by atoms with Crippen LogP contribution in [-0.2, 0) is 0 Å². The second-order valence-electron chi connectivity index (χ2n) is 5.38. The third-order valence-electron chi connectivity index (χ3n) is 3.42. The van der Waals surface area contributed by atoms with E-state index >= 15 is 0 Å². The predicted molar refractivity (Wildman–Crippen MR) is 76.4 cm³/mol. The molecule has 1 aromatic carbocycles. The van der Waals surface area contributed by atoms with Crippen molar-refractivity contribution in [3.05, 3.63) is 28.8 Å². The summed E-state index contributed by atoms with van der Waals surface area (Å²) in [6.45, 7) is 4.75. The van der Waals surface area contributed by atoms with Gasteiger partial charge in [0.15, 0.2) is 0 Å². The molecule has 3 heteroatoms. The highest BCUT2D eigenvalue weighted by molar-refractivity contribution is 6.32. The Morgan fingerprint density at radius 2 is 2.11 bits per heavy atom. The minimum atomic E-state index is 0.150. The third kappa shape index (κ3) is 3.39. The Morgan fingerprint density at radius 1 is 1.39 bits per heavy atom. The van der Waals surface area contributed by atoms with Crippen LogP contribution in [0.2, 0.25) is 5.02 Å². The average Bonchev–Trinajstić information content (AvgIpc) is 3.12. The lowest BCUT2D eigenvalue weighted by Gasteiger charge is -2.18. The molecule has 0 heterocycles. The van der Waals surface area contributed by atoms with Crippen molar-refractivity contribution < 1.29 is 4.74 Å². The fourth-order valence-corrected chi connectivity index (χ4v) is 2.68. The van der Waals surface area contributed by atoms with E-state index in [1.807, 2.05) is 19.9 Å². The highest BCUT2D eigenvalue weighted by Crippen LogP contribution is 2.45. The van der Waals surface area contributed by atoms with Gasteiger partial charge in [-0.15, -0.1) is 0 Å². The minimum absolute atomic E-state index is 0.150. The van der Waals surface area contributed by atoms with Crippen LogP contribution in [0.5, 0.6) is 5.75 Å². The van der Waals surface area contributed by atoms with Gasteiger partial charge in [0.1, 0.15) is 5.75 Å². The SMILES string of the molecule is CC(C)Oc1ccc(C(CCN)C2CC2)cc1Cl. The molecular weight excluding hydrogens is 246 g/mol. The van der Waals surface area contributed by atoms with E-state index in [1.165, 1.54) is 18.4 Å². The molecule has 0 radical (unpaired) electrons. The number of hydrogen-bond acceptors (Lipinski definition) is 2. The van der Waals surface area contributed by atoms with Crippen LogP contribution in [0, 0.1) is 5.92 Å². The van der Waals surface area contributed by atoms with Crippen LogP contribution < -0.4 is 10.5 Å². The standard InChI is InChI=1S/C15H22ClNO/c1-10(2)18-15-6-5-12(9-14(15)16)13(7-8-17)11-3-4-11/h5-6,9-11,13H,3-4,7-8,17H2,1-2H3. The molecule has 2 N–H and O–H groups in total. The quantitative estimate of drug-likeness (QED) is 0.846. The van der Waals surface area contributed by atoms with E-state index in [4.69, 9.17) is 22.1 Å². The van der Waals surface area contributed by atoms with Crippen molar-refractivity contribution >= 4 is 11.6 Å². The summed E-state index contributed by atoms with van der Waals surface area (Å²) >= 11 is 6.29. The van der Waals surface area contributed by atoms with Gasteiger partial charge in [-0.3, -0.25) is 0 Å². The number of nitrogens with two attached hydrogens (primary N) is 1. The summed E-state index contributed by atoms with van der Waals surface area (Å²) in [4.78, 5) is 0. The molecule has 0 saturated heterocycles. The first-order valence-electron chi connectivity index (χ1n) is 6.78. The van der Waals surface area contributed by atoms with Crippen LogP contribution in [0.3, 0.4) is 0 Å². The molecule has 2 nitrogen and oxygen atoms in total. The highest BCUT2D eigenvalue weighted by atomic mass is 35.5. The first-order valence-corrected chi connectivity index (χ1v) is 7.15. The average molecular weight is 268 g/mol. The van der Waals surface area contributed by atoms with E-state index in [9.17, 15) is 0 Å². The molecule has 2 rings (SSSR count). The smallest absolute Gasteiger partial charge is 0.138 e. The Kier molecular flexibility index (Phi) is 4.52. The lowest BCUT2D eigenvalue weighted by molar-refractivity contribution is 0.242. The molecule has 100 valence electrons. The minimum Gasteiger partial charge on any atom is -0.489 e. The molecule has 0 aliphatic heterocycles.